The quantitative estimate of drug-likeness (QED) is 0.718. The molecule has 1 fully saturated rings. The Hall–Kier alpha value is -1.10. The van der Waals surface area contributed by atoms with Gasteiger partial charge in [0.1, 0.15) is 0 Å². The summed E-state index contributed by atoms with van der Waals surface area (Å²) < 4.78 is 0. The summed E-state index contributed by atoms with van der Waals surface area (Å²) in [6.45, 7) is 7.07. The Morgan fingerprint density at radius 2 is 1.95 bits per heavy atom. The molecular formula is C17H32N2O3. The van der Waals surface area contributed by atoms with E-state index in [1.165, 1.54) is 0 Å². The standard InChI is InChI=1S/C17H32N2O3/c1-13-11-17(3,22)9-5-7-14(2)16(21)18-10-6-8-15(20)19(4)12-13/h13-14,22H,5-12H2,1-4H3,(H,18,21)/t13-,14-,17+/m1/s1. The molecule has 1 aliphatic heterocycles. The Balaban J connectivity index is 2.69. The van der Waals surface area contributed by atoms with Crippen LogP contribution in [0.25, 0.3) is 0 Å². The van der Waals surface area contributed by atoms with Crippen LogP contribution in [-0.2, 0) is 9.59 Å². The highest BCUT2D eigenvalue weighted by molar-refractivity contribution is 5.78. The van der Waals surface area contributed by atoms with E-state index in [-0.39, 0.29) is 23.7 Å². The summed E-state index contributed by atoms with van der Waals surface area (Å²) in [5, 5.41) is 13.4. The van der Waals surface area contributed by atoms with Crippen molar-refractivity contribution in [3.63, 3.8) is 0 Å². The zero-order chi connectivity index (χ0) is 16.8. The number of amides is 2. The van der Waals surface area contributed by atoms with Crippen molar-refractivity contribution >= 4 is 11.8 Å². The molecule has 0 radical (unpaired) electrons. The van der Waals surface area contributed by atoms with Crippen molar-refractivity contribution in [2.75, 3.05) is 20.1 Å². The average molecular weight is 312 g/mol. The van der Waals surface area contributed by atoms with Crippen molar-refractivity contribution in [2.45, 2.75) is 64.9 Å². The van der Waals surface area contributed by atoms with Gasteiger partial charge in [-0.25, -0.2) is 0 Å². The highest BCUT2D eigenvalue weighted by atomic mass is 16.3. The van der Waals surface area contributed by atoms with E-state index in [1.54, 1.807) is 4.90 Å². The van der Waals surface area contributed by atoms with Crippen LogP contribution < -0.4 is 5.32 Å². The van der Waals surface area contributed by atoms with Gasteiger partial charge in [0.25, 0.3) is 0 Å². The van der Waals surface area contributed by atoms with Gasteiger partial charge in [0.15, 0.2) is 0 Å². The molecule has 22 heavy (non-hydrogen) atoms. The number of hydrogen-bond donors (Lipinski definition) is 2. The minimum Gasteiger partial charge on any atom is -0.390 e. The first kappa shape index (κ1) is 18.9. The Morgan fingerprint density at radius 1 is 1.27 bits per heavy atom. The summed E-state index contributed by atoms with van der Waals surface area (Å²) in [6.07, 6.45) is 4.11. The fourth-order valence-electron chi connectivity index (χ4n) is 3.22. The third kappa shape index (κ3) is 6.77. The van der Waals surface area contributed by atoms with Crippen LogP contribution in [0.15, 0.2) is 0 Å². The van der Waals surface area contributed by atoms with E-state index >= 15 is 0 Å². The van der Waals surface area contributed by atoms with E-state index in [2.05, 4.69) is 12.2 Å². The summed E-state index contributed by atoms with van der Waals surface area (Å²) >= 11 is 0. The fraction of sp³-hybridized carbons (Fsp3) is 0.882. The van der Waals surface area contributed by atoms with Gasteiger partial charge in [0.2, 0.25) is 11.8 Å². The van der Waals surface area contributed by atoms with Crippen molar-refractivity contribution < 1.29 is 14.7 Å². The van der Waals surface area contributed by atoms with E-state index in [0.717, 1.165) is 12.8 Å². The van der Waals surface area contributed by atoms with E-state index in [0.29, 0.717) is 38.8 Å². The molecule has 2 N–H and O–H groups in total. The van der Waals surface area contributed by atoms with Gasteiger partial charge in [-0.2, -0.15) is 0 Å². The molecule has 128 valence electrons. The molecule has 3 atom stereocenters. The van der Waals surface area contributed by atoms with Gasteiger partial charge >= 0.3 is 0 Å². The predicted molar refractivity (Wildman–Crippen MR) is 87.3 cm³/mol. The van der Waals surface area contributed by atoms with Gasteiger partial charge in [-0.1, -0.05) is 13.8 Å². The maximum absolute atomic E-state index is 12.1. The Labute approximate surface area is 134 Å². The molecule has 0 spiro atoms. The molecule has 2 amide bonds. The number of nitrogens with zero attached hydrogens (tertiary/aromatic N) is 1. The lowest BCUT2D eigenvalue weighted by molar-refractivity contribution is -0.131. The van der Waals surface area contributed by atoms with Crippen LogP contribution in [0, 0.1) is 11.8 Å². The largest absolute Gasteiger partial charge is 0.390 e. The summed E-state index contributed by atoms with van der Waals surface area (Å²) in [4.78, 5) is 25.7. The average Bonchev–Trinajstić information content (AvgIpc) is 2.40. The second kappa shape index (κ2) is 8.51. The normalized spacial score (nSPS) is 33.8. The van der Waals surface area contributed by atoms with Gasteiger partial charge in [-0.05, 0) is 44.9 Å². The maximum atomic E-state index is 12.1. The molecule has 0 aromatic rings. The molecule has 1 heterocycles. The molecule has 1 rings (SSSR count). The van der Waals surface area contributed by atoms with Crippen LogP contribution in [0.1, 0.15) is 59.3 Å². The Kier molecular flexibility index (Phi) is 7.33. The summed E-state index contributed by atoms with van der Waals surface area (Å²) in [5.74, 6) is 0.357. The molecule has 0 aromatic carbocycles. The molecular weight excluding hydrogens is 280 g/mol. The van der Waals surface area contributed by atoms with Crippen molar-refractivity contribution in [3.8, 4) is 0 Å². The van der Waals surface area contributed by atoms with Gasteiger partial charge < -0.3 is 15.3 Å². The summed E-state index contributed by atoms with van der Waals surface area (Å²) in [5.41, 5.74) is -0.736. The minimum absolute atomic E-state index is 0.0447. The summed E-state index contributed by atoms with van der Waals surface area (Å²) in [6, 6.07) is 0. The van der Waals surface area contributed by atoms with Crippen molar-refractivity contribution in [1.29, 1.82) is 0 Å². The lowest BCUT2D eigenvalue weighted by Gasteiger charge is -2.29. The predicted octanol–water partition coefficient (Wildman–Crippen LogP) is 1.94. The number of aliphatic hydroxyl groups is 1. The van der Waals surface area contributed by atoms with Crippen LogP contribution in [0.5, 0.6) is 0 Å². The van der Waals surface area contributed by atoms with Crippen molar-refractivity contribution in [3.05, 3.63) is 0 Å². The number of carbonyl (C=O) groups excluding carboxylic acids is 2. The molecule has 0 aliphatic carbocycles. The van der Waals surface area contributed by atoms with Crippen molar-refractivity contribution in [1.82, 2.24) is 10.2 Å². The first-order valence-corrected chi connectivity index (χ1v) is 8.45. The summed E-state index contributed by atoms with van der Waals surface area (Å²) in [7, 11) is 1.81. The first-order valence-electron chi connectivity index (χ1n) is 8.45. The third-order valence-electron chi connectivity index (χ3n) is 4.47. The van der Waals surface area contributed by atoms with Crippen LogP contribution in [0.4, 0.5) is 0 Å². The molecule has 0 bridgehead atoms. The lowest BCUT2D eigenvalue weighted by Crippen LogP contribution is -2.35. The third-order valence-corrected chi connectivity index (χ3v) is 4.47. The highest BCUT2D eigenvalue weighted by Gasteiger charge is 2.25. The molecule has 1 saturated heterocycles. The molecule has 0 aromatic heterocycles. The zero-order valence-corrected chi connectivity index (χ0v) is 14.5. The number of hydrogen-bond acceptors (Lipinski definition) is 3. The van der Waals surface area contributed by atoms with E-state index in [4.69, 9.17) is 0 Å². The number of rotatable bonds is 0. The second-order valence-electron chi connectivity index (χ2n) is 7.27. The Morgan fingerprint density at radius 3 is 2.64 bits per heavy atom. The second-order valence-corrected chi connectivity index (χ2v) is 7.27. The van der Waals surface area contributed by atoms with E-state index < -0.39 is 5.60 Å². The number of nitrogens with one attached hydrogen (secondary N) is 1. The van der Waals surface area contributed by atoms with Crippen LogP contribution >= 0.6 is 0 Å². The van der Waals surface area contributed by atoms with Gasteiger partial charge in [0, 0.05) is 32.5 Å². The molecule has 5 nitrogen and oxygen atoms in total. The zero-order valence-electron chi connectivity index (χ0n) is 14.5. The van der Waals surface area contributed by atoms with Crippen LogP contribution in [0.2, 0.25) is 0 Å². The lowest BCUT2D eigenvalue weighted by atomic mass is 9.87. The van der Waals surface area contributed by atoms with Crippen LogP contribution in [0.3, 0.4) is 0 Å². The van der Waals surface area contributed by atoms with E-state index in [1.807, 2.05) is 20.9 Å². The molecule has 0 saturated carbocycles. The van der Waals surface area contributed by atoms with E-state index in [9.17, 15) is 14.7 Å². The smallest absolute Gasteiger partial charge is 0.222 e. The SMILES string of the molecule is C[C@H]1CN(C)C(=O)CCCNC(=O)[C@H](C)CCC[C@](C)(O)C1. The highest BCUT2D eigenvalue weighted by Crippen LogP contribution is 2.24. The van der Waals surface area contributed by atoms with Gasteiger partial charge in [-0.15, -0.1) is 0 Å². The monoisotopic (exact) mass is 312 g/mol. The molecule has 1 aliphatic rings. The maximum Gasteiger partial charge on any atom is 0.222 e. The number of carbonyl (C=O) groups is 2. The van der Waals surface area contributed by atoms with Crippen molar-refractivity contribution in [2.24, 2.45) is 11.8 Å². The Bertz CT molecular complexity index is 382. The first-order chi connectivity index (χ1) is 10.2. The van der Waals surface area contributed by atoms with Gasteiger partial charge in [-0.3, -0.25) is 9.59 Å². The minimum atomic E-state index is -0.736. The molecule has 0 unspecified atom stereocenters. The van der Waals surface area contributed by atoms with Gasteiger partial charge in [0.05, 0.1) is 5.60 Å². The molecule has 5 heteroatoms. The topological polar surface area (TPSA) is 69.6 Å². The fourth-order valence-corrected chi connectivity index (χ4v) is 3.22. The van der Waals surface area contributed by atoms with Crippen LogP contribution in [-0.4, -0.2) is 47.6 Å².